The second-order valence-corrected chi connectivity index (χ2v) is 10.9. The van der Waals surface area contributed by atoms with Gasteiger partial charge in [0.1, 0.15) is 29.5 Å². The number of nitrogens with one attached hydrogen (secondary N) is 3. The number of piperazine rings is 1. The van der Waals surface area contributed by atoms with Crippen molar-refractivity contribution >= 4 is 40.0 Å². The molecule has 3 aliphatic rings. The Balaban J connectivity index is 1.23. The minimum absolute atomic E-state index is 0.0144. The third-order valence-corrected chi connectivity index (χ3v) is 8.19. The summed E-state index contributed by atoms with van der Waals surface area (Å²) in [5.41, 5.74) is 3.48. The number of carbonyl (C=O) groups is 1. The Kier molecular flexibility index (Phi) is 6.54. The number of halogens is 1. The molecule has 4 aromatic heterocycles. The molecule has 6 heterocycles. The predicted octanol–water partition coefficient (Wildman–Crippen LogP) is 3.65. The maximum atomic E-state index is 16.3. The molecule has 1 saturated heterocycles. The first-order valence-corrected chi connectivity index (χ1v) is 14.1. The number of aromatic amines is 1. The number of aromatic nitrogens is 5. The summed E-state index contributed by atoms with van der Waals surface area (Å²) in [6.45, 7) is 3.85. The molecule has 210 valence electrons. The van der Waals surface area contributed by atoms with Gasteiger partial charge >= 0.3 is 0 Å². The first kappa shape index (κ1) is 25.5. The highest BCUT2D eigenvalue weighted by molar-refractivity contribution is 6.16. The molecule has 1 aliphatic carbocycles. The normalized spacial score (nSPS) is 17.8. The van der Waals surface area contributed by atoms with Gasteiger partial charge < -0.3 is 25.4 Å². The fourth-order valence-corrected chi connectivity index (χ4v) is 5.88. The zero-order valence-electron chi connectivity index (χ0n) is 22.8. The van der Waals surface area contributed by atoms with Crippen molar-refractivity contribution in [1.29, 1.82) is 0 Å². The number of fused-ring (bicyclic) bond motifs is 2. The van der Waals surface area contributed by atoms with E-state index in [9.17, 15) is 4.79 Å². The summed E-state index contributed by atoms with van der Waals surface area (Å²) in [7, 11) is 2.11. The van der Waals surface area contributed by atoms with Gasteiger partial charge in [-0.25, -0.2) is 19.3 Å². The fourth-order valence-electron chi connectivity index (χ4n) is 5.88. The molecule has 0 unspecified atom stereocenters. The van der Waals surface area contributed by atoms with Crippen LogP contribution in [0.2, 0.25) is 0 Å². The van der Waals surface area contributed by atoms with Crippen LogP contribution in [0.4, 0.5) is 21.7 Å². The van der Waals surface area contributed by atoms with Crippen LogP contribution in [-0.4, -0.2) is 81.3 Å². The topological polar surface area (TPSA) is 127 Å². The number of aliphatic imine (C=N–C) groups is 1. The molecule has 41 heavy (non-hydrogen) atoms. The average Bonchev–Trinajstić information content (AvgIpc) is 3.69. The van der Waals surface area contributed by atoms with Crippen LogP contribution in [-0.2, 0) is 4.79 Å². The average molecular weight is 555 g/mol. The highest BCUT2D eigenvalue weighted by Crippen LogP contribution is 2.33. The van der Waals surface area contributed by atoms with Crippen molar-refractivity contribution in [2.75, 3.05) is 55.4 Å². The molecule has 0 aromatic carbocycles. The lowest BCUT2D eigenvalue weighted by Gasteiger charge is -2.33. The van der Waals surface area contributed by atoms with Crippen LogP contribution >= 0.6 is 0 Å². The number of imidazole rings is 1. The number of amides is 1. The zero-order valence-corrected chi connectivity index (χ0v) is 22.8. The molecule has 2 aliphatic heterocycles. The van der Waals surface area contributed by atoms with Gasteiger partial charge in [0.25, 0.3) is 0 Å². The Morgan fingerprint density at radius 2 is 1.93 bits per heavy atom. The summed E-state index contributed by atoms with van der Waals surface area (Å²) in [6.07, 6.45) is 10.3. The van der Waals surface area contributed by atoms with Gasteiger partial charge in [-0.15, -0.1) is 0 Å². The largest absolute Gasteiger partial charge is 0.352 e. The van der Waals surface area contributed by atoms with Crippen LogP contribution < -0.4 is 15.5 Å². The molecule has 0 radical (unpaired) electrons. The van der Waals surface area contributed by atoms with Crippen molar-refractivity contribution in [2.45, 2.75) is 25.7 Å². The number of hydrogen-bond acceptors (Lipinski definition) is 9. The summed E-state index contributed by atoms with van der Waals surface area (Å²) in [6, 6.07) is 3.60. The number of rotatable bonds is 5. The molecular weight excluding hydrogens is 523 g/mol. The summed E-state index contributed by atoms with van der Waals surface area (Å²) in [5.74, 6) is 1.18. The van der Waals surface area contributed by atoms with Crippen molar-refractivity contribution in [3.05, 3.63) is 54.1 Å². The molecule has 11 nitrogen and oxygen atoms in total. The number of H-pyrrole nitrogens is 1. The summed E-state index contributed by atoms with van der Waals surface area (Å²) < 4.78 is 16.3. The molecule has 0 bridgehead atoms. The van der Waals surface area contributed by atoms with E-state index in [1.165, 1.54) is 6.20 Å². The standard InChI is InChI=1S/C29H31FN10O/c1-39-8-10-40(11-9-39)28-24-21(6-7-32-28)37-27(38-24)25-22-23(30)20(15-33-26(22)35-16-34-25)18-12-19(14-31-13-18)36-29(41)17-4-2-3-5-17/h6-7,12-15,17H,2-5,8-11,16H2,1H3,(H,33,35)(H,36,41)(H,37,38). The van der Waals surface area contributed by atoms with E-state index in [-0.39, 0.29) is 29.6 Å². The Morgan fingerprint density at radius 3 is 2.76 bits per heavy atom. The van der Waals surface area contributed by atoms with Gasteiger partial charge in [-0.05, 0) is 32.0 Å². The summed E-state index contributed by atoms with van der Waals surface area (Å²) in [5, 5.41) is 6.03. The molecule has 1 amide bonds. The van der Waals surface area contributed by atoms with Gasteiger partial charge in [-0.1, -0.05) is 12.8 Å². The lowest BCUT2D eigenvalue weighted by molar-refractivity contribution is -0.119. The van der Waals surface area contributed by atoms with E-state index < -0.39 is 5.82 Å². The SMILES string of the molecule is CN1CCN(c2nccc3[nH]c(C4=NCNc5ncc(-c6cncc(NC(=O)C7CCCC7)c6)c(F)c54)nc23)CC1. The van der Waals surface area contributed by atoms with Gasteiger partial charge in [0.15, 0.2) is 11.6 Å². The fraction of sp³-hybridized carbons (Fsp3) is 0.379. The van der Waals surface area contributed by atoms with Crippen molar-refractivity contribution in [2.24, 2.45) is 10.9 Å². The number of carbonyl (C=O) groups excluding carboxylic acids is 1. The van der Waals surface area contributed by atoms with E-state index in [0.29, 0.717) is 28.6 Å². The van der Waals surface area contributed by atoms with Gasteiger partial charge in [-0.2, -0.15) is 0 Å². The molecule has 12 heteroatoms. The quantitative estimate of drug-likeness (QED) is 0.341. The third-order valence-electron chi connectivity index (χ3n) is 8.19. The number of hydrogen-bond donors (Lipinski definition) is 3. The van der Waals surface area contributed by atoms with Crippen molar-refractivity contribution in [3.8, 4) is 11.1 Å². The molecule has 4 aromatic rings. The Morgan fingerprint density at radius 1 is 1.10 bits per heavy atom. The van der Waals surface area contributed by atoms with Crippen LogP contribution in [0.1, 0.15) is 37.1 Å². The van der Waals surface area contributed by atoms with Crippen LogP contribution in [0.3, 0.4) is 0 Å². The molecule has 7 rings (SSSR count). The van der Waals surface area contributed by atoms with Crippen LogP contribution in [0.15, 0.2) is 41.9 Å². The van der Waals surface area contributed by atoms with E-state index in [1.54, 1.807) is 24.7 Å². The van der Waals surface area contributed by atoms with Crippen LogP contribution in [0, 0.1) is 11.7 Å². The second-order valence-electron chi connectivity index (χ2n) is 10.9. The lowest BCUT2D eigenvalue weighted by Crippen LogP contribution is -2.44. The van der Waals surface area contributed by atoms with E-state index in [0.717, 1.165) is 68.7 Å². The van der Waals surface area contributed by atoms with Crippen molar-refractivity contribution in [3.63, 3.8) is 0 Å². The van der Waals surface area contributed by atoms with Crippen LogP contribution in [0.5, 0.6) is 0 Å². The number of nitrogens with zero attached hydrogens (tertiary/aromatic N) is 7. The van der Waals surface area contributed by atoms with Gasteiger partial charge in [-0.3, -0.25) is 14.8 Å². The second kappa shape index (κ2) is 10.5. The molecule has 3 N–H and O–H groups in total. The zero-order chi connectivity index (χ0) is 27.9. The highest BCUT2D eigenvalue weighted by Gasteiger charge is 2.28. The molecule has 1 saturated carbocycles. The molecule has 0 spiro atoms. The lowest BCUT2D eigenvalue weighted by atomic mass is 10.0. The monoisotopic (exact) mass is 554 g/mol. The van der Waals surface area contributed by atoms with E-state index in [1.807, 2.05) is 6.07 Å². The minimum Gasteiger partial charge on any atom is -0.352 e. The smallest absolute Gasteiger partial charge is 0.227 e. The molecule has 0 atom stereocenters. The van der Waals surface area contributed by atoms with Gasteiger partial charge in [0.2, 0.25) is 5.91 Å². The summed E-state index contributed by atoms with van der Waals surface area (Å²) in [4.78, 5) is 43.4. The first-order valence-electron chi connectivity index (χ1n) is 14.1. The van der Waals surface area contributed by atoms with Crippen molar-refractivity contribution in [1.82, 2.24) is 29.8 Å². The number of likely N-dealkylation sites (N-methyl/N-ethyl adjacent to an activating group) is 1. The van der Waals surface area contributed by atoms with E-state index in [2.05, 4.69) is 52.4 Å². The maximum absolute atomic E-state index is 16.3. The number of pyridine rings is 3. The predicted molar refractivity (Wildman–Crippen MR) is 156 cm³/mol. The van der Waals surface area contributed by atoms with Gasteiger partial charge in [0, 0.05) is 61.8 Å². The van der Waals surface area contributed by atoms with Crippen molar-refractivity contribution < 1.29 is 9.18 Å². The Bertz CT molecular complexity index is 1650. The number of anilines is 3. The van der Waals surface area contributed by atoms with E-state index >= 15 is 4.39 Å². The highest BCUT2D eigenvalue weighted by atomic mass is 19.1. The molecule has 2 fully saturated rings. The summed E-state index contributed by atoms with van der Waals surface area (Å²) >= 11 is 0. The third kappa shape index (κ3) is 4.77. The molecular formula is C29H31FN10O. The van der Waals surface area contributed by atoms with Crippen LogP contribution in [0.25, 0.3) is 22.2 Å². The Hall–Kier alpha value is -4.45. The maximum Gasteiger partial charge on any atom is 0.227 e. The van der Waals surface area contributed by atoms with Gasteiger partial charge in [0.05, 0.1) is 23.0 Å². The Labute approximate surface area is 236 Å². The first-order chi connectivity index (χ1) is 20.0. The minimum atomic E-state index is -0.486. The van der Waals surface area contributed by atoms with E-state index in [4.69, 9.17) is 4.98 Å².